The molecule has 1 unspecified atom stereocenters. The van der Waals surface area contributed by atoms with Crippen LogP contribution in [0.5, 0.6) is 0 Å². The van der Waals surface area contributed by atoms with Crippen molar-refractivity contribution in [3.63, 3.8) is 0 Å². The van der Waals surface area contributed by atoms with Crippen LogP contribution in [0.4, 0.5) is 0 Å². The second-order valence-corrected chi connectivity index (χ2v) is 11.0. The zero-order chi connectivity index (χ0) is 28.5. The molecule has 40 heavy (non-hydrogen) atoms. The van der Waals surface area contributed by atoms with Crippen molar-refractivity contribution in [1.82, 2.24) is 4.90 Å². The molecule has 0 aromatic heterocycles. The van der Waals surface area contributed by atoms with Gasteiger partial charge in [-0.25, -0.2) is 0 Å². The number of aliphatic carboxylic acids is 1. The van der Waals surface area contributed by atoms with E-state index >= 15 is 0 Å². The van der Waals surface area contributed by atoms with Gasteiger partial charge in [0.25, 0.3) is 0 Å². The third-order valence-electron chi connectivity index (χ3n) is 8.48. The predicted octanol–water partition coefficient (Wildman–Crippen LogP) is 5.22. The fourth-order valence-electron chi connectivity index (χ4n) is 6.41. The van der Waals surface area contributed by atoms with E-state index in [1.54, 1.807) is 12.1 Å². The second-order valence-electron chi connectivity index (χ2n) is 11.0. The molecule has 0 aliphatic carbocycles. The van der Waals surface area contributed by atoms with E-state index in [-0.39, 0.29) is 18.9 Å². The topological polar surface area (TPSA) is 101 Å². The molecule has 1 aliphatic rings. The second kappa shape index (κ2) is 14.0. The minimum Gasteiger partial charge on any atom is -0.481 e. The van der Waals surface area contributed by atoms with Crippen molar-refractivity contribution in [3.8, 4) is 0 Å². The lowest BCUT2D eigenvalue weighted by molar-refractivity contribution is -0.136. The number of hydrogen-bond acceptors (Lipinski definition) is 5. The highest BCUT2D eigenvalue weighted by molar-refractivity contribution is 5.71. The van der Waals surface area contributed by atoms with E-state index in [4.69, 9.17) is 0 Å². The van der Waals surface area contributed by atoms with Gasteiger partial charge in [0.05, 0.1) is 19.1 Å². The molecule has 0 radical (unpaired) electrons. The average molecular weight is 546 g/mol. The number of carboxylic acid groups (broad SMARTS) is 1. The molecule has 1 fully saturated rings. The average Bonchev–Trinajstić information content (AvgIpc) is 2.98. The van der Waals surface area contributed by atoms with Gasteiger partial charge in [0.2, 0.25) is 0 Å². The number of aliphatic hydroxyl groups is 3. The van der Waals surface area contributed by atoms with Crippen LogP contribution < -0.4 is 0 Å². The van der Waals surface area contributed by atoms with Gasteiger partial charge in [-0.3, -0.25) is 4.79 Å². The molecule has 1 atom stereocenters. The number of benzene rings is 3. The van der Waals surface area contributed by atoms with E-state index in [0.29, 0.717) is 29.5 Å². The molecule has 6 nitrogen and oxygen atoms in total. The molecular formula is C34H43NO5. The predicted molar refractivity (Wildman–Crippen MR) is 157 cm³/mol. The van der Waals surface area contributed by atoms with Gasteiger partial charge in [-0.05, 0) is 91.0 Å². The van der Waals surface area contributed by atoms with E-state index in [1.165, 1.54) is 0 Å². The van der Waals surface area contributed by atoms with Crippen LogP contribution in [0.15, 0.2) is 72.8 Å². The maximum atomic E-state index is 12.1. The fourth-order valence-corrected chi connectivity index (χ4v) is 6.41. The first-order valence-corrected chi connectivity index (χ1v) is 14.6. The molecule has 1 heterocycles. The van der Waals surface area contributed by atoms with Crippen LogP contribution in [0.2, 0.25) is 0 Å². The SMILES string of the molecule is CCCc1c(CC(=O)O)ccc(C(O)CCCN2CCC(C(O)(c3ccccc3)c3ccccc3)CC2)c1CO. The summed E-state index contributed by atoms with van der Waals surface area (Å²) in [5.74, 6) is -0.795. The monoisotopic (exact) mass is 545 g/mol. The summed E-state index contributed by atoms with van der Waals surface area (Å²) in [5, 5.41) is 42.6. The Labute approximate surface area is 237 Å². The summed E-state index contributed by atoms with van der Waals surface area (Å²) in [7, 11) is 0. The molecule has 214 valence electrons. The number of carbonyl (C=O) groups is 1. The third kappa shape index (κ3) is 6.81. The van der Waals surface area contributed by atoms with Crippen LogP contribution in [0.1, 0.15) is 78.5 Å². The molecule has 4 N–H and O–H groups in total. The Morgan fingerprint density at radius 1 is 0.950 bits per heavy atom. The fraction of sp³-hybridized carbons (Fsp3) is 0.441. The van der Waals surface area contributed by atoms with Crippen molar-refractivity contribution in [2.24, 2.45) is 5.92 Å². The lowest BCUT2D eigenvalue weighted by Crippen LogP contribution is -2.44. The van der Waals surface area contributed by atoms with Crippen molar-refractivity contribution >= 4 is 5.97 Å². The van der Waals surface area contributed by atoms with Crippen molar-refractivity contribution in [3.05, 3.63) is 106 Å². The molecule has 6 heteroatoms. The first kappa shape index (κ1) is 29.9. The summed E-state index contributed by atoms with van der Waals surface area (Å²) in [6.45, 7) is 4.43. The standard InChI is InChI=1S/C34H43NO5/c1-2-10-29-25(23-33(38)39)16-17-30(31(29)24-36)32(37)15-9-20-35-21-18-28(19-22-35)34(40,26-11-5-3-6-12-26)27-13-7-4-8-14-27/h3-8,11-14,16-17,28,32,36-37,40H,2,9-10,15,18-24H2,1H3,(H,38,39). The van der Waals surface area contributed by atoms with Crippen LogP contribution in [0.25, 0.3) is 0 Å². The Balaban J connectivity index is 1.37. The summed E-state index contributed by atoms with van der Waals surface area (Å²) < 4.78 is 0. The van der Waals surface area contributed by atoms with Gasteiger partial charge >= 0.3 is 5.97 Å². The maximum Gasteiger partial charge on any atom is 0.307 e. The van der Waals surface area contributed by atoms with Crippen LogP contribution in [-0.4, -0.2) is 50.9 Å². The van der Waals surface area contributed by atoms with Crippen molar-refractivity contribution in [2.75, 3.05) is 19.6 Å². The Morgan fingerprint density at radius 3 is 2.08 bits per heavy atom. The van der Waals surface area contributed by atoms with Gasteiger partial charge in [-0.1, -0.05) is 86.1 Å². The van der Waals surface area contributed by atoms with Gasteiger partial charge in [0.15, 0.2) is 0 Å². The maximum absolute atomic E-state index is 12.1. The van der Waals surface area contributed by atoms with Gasteiger partial charge in [-0.2, -0.15) is 0 Å². The highest BCUT2D eigenvalue weighted by atomic mass is 16.4. The van der Waals surface area contributed by atoms with Gasteiger partial charge in [0.1, 0.15) is 5.60 Å². The van der Waals surface area contributed by atoms with E-state index in [1.807, 2.05) is 67.6 Å². The minimum absolute atomic E-state index is 0.0850. The summed E-state index contributed by atoms with van der Waals surface area (Å²) in [5.41, 5.74) is 3.77. The molecule has 1 saturated heterocycles. The number of carboxylic acids is 1. The first-order valence-electron chi connectivity index (χ1n) is 14.6. The lowest BCUT2D eigenvalue weighted by Gasteiger charge is -2.42. The zero-order valence-corrected chi connectivity index (χ0v) is 23.5. The highest BCUT2D eigenvalue weighted by Gasteiger charge is 2.41. The molecular weight excluding hydrogens is 502 g/mol. The number of likely N-dealkylation sites (tertiary alicyclic amines) is 1. The number of nitrogens with zero attached hydrogens (tertiary/aromatic N) is 1. The number of aliphatic hydroxyl groups excluding tert-OH is 2. The summed E-state index contributed by atoms with van der Waals surface area (Å²) in [4.78, 5) is 13.7. The van der Waals surface area contributed by atoms with Gasteiger partial charge < -0.3 is 25.3 Å². The Morgan fingerprint density at radius 2 is 1.55 bits per heavy atom. The number of piperidine rings is 1. The van der Waals surface area contributed by atoms with E-state index in [2.05, 4.69) is 4.90 Å². The Hall–Kier alpha value is -3.03. The van der Waals surface area contributed by atoms with Crippen LogP contribution >= 0.6 is 0 Å². The van der Waals surface area contributed by atoms with Crippen molar-refractivity contribution < 1.29 is 25.2 Å². The molecule has 3 aromatic carbocycles. The van der Waals surface area contributed by atoms with Gasteiger partial charge in [-0.15, -0.1) is 0 Å². The number of hydrogen-bond donors (Lipinski definition) is 4. The van der Waals surface area contributed by atoms with Crippen LogP contribution in [-0.2, 0) is 29.8 Å². The van der Waals surface area contributed by atoms with E-state index in [9.17, 15) is 25.2 Å². The molecule has 0 spiro atoms. The summed E-state index contributed by atoms with van der Waals surface area (Å²) >= 11 is 0. The quantitative estimate of drug-likeness (QED) is 0.235. The molecule has 0 bridgehead atoms. The molecule has 1 aliphatic heterocycles. The molecule has 4 rings (SSSR count). The largest absolute Gasteiger partial charge is 0.481 e. The van der Waals surface area contributed by atoms with Crippen molar-refractivity contribution in [1.29, 1.82) is 0 Å². The summed E-state index contributed by atoms with van der Waals surface area (Å²) in [6.07, 6.45) is 3.83. The third-order valence-corrected chi connectivity index (χ3v) is 8.48. The highest BCUT2D eigenvalue weighted by Crippen LogP contribution is 2.42. The Kier molecular flexibility index (Phi) is 10.5. The Bertz CT molecular complexity index is 1180. The van der Waals surface area contributed by atoms with Crippen LogP contribution in [0, 0.1) is 5.92 Å². The van der Waals surface area contributed by atoms with E-state index in [0.717, 1.165) is 62.0 Å². The number of rotatable bonds is 13. The molecule has 0 saturated carbocycles. The molecule has 0 amide bonds. The normalized spacial score (nSPS) is 15.7. The molecule has 3 aromatic rings. The first-order chi connectivity index (χ1) is 19.4. The smallest absolute Gasteiger partial charge is 0.307 e. The minimum atomic E-state index is -1.03. The van der Waals surface area contributed by atoms with Crippen LogP contribution in [0.3, 0.4) is 0 Å². The lowest BCUT2D eigenvalue weighted by atomic mass is 9.72. The zero-order valence-electron chi connectivity index (χ0n) is 23.5. The summed E-state index contributed by atoms with van der Waals surface area (Å²) in [6, 6.07) is 23.5. The van der Waals surface area contributed by atoms with Crippen molar-refractivity contribution in [2.45, 2.75) is 70.2 Å². The van der Waals surface area contributed by atoms with E-state index < -0.39 is 17.7 Å². The van der Waals surface area contributed by atoms with Gasteiger partial charge in [0, 0.05) is 0 Å².